The molecule has 0 spiro atoms. The number of aromatic nitrogens is 1. The van der Waals surface area contributed by atoms with E-state index < -0.39 is 5.91 Å². The van der Waals surface area contributed by atoms with Gasteiger partial charge in [0.1, 0.15) is 5.56 Å². The Morgan fingerprint density at radius 1 is 1.33 bits per heavy atom. The lowest BCUT2D eigenvalue weighted by Crippen LogP contribution is -2.24. The van der Waals surface area contributed by atoms with E-state index in [2.05, 4.69) is 10.3 Å². The van der Waals surface area contributed by atoms with Crippen LogP contribution in [-0.2, 0) is 11.3 Å². The second kappa shape index (κ2) is 7.86. The molecular formula is C19H20N4O4. The van der Waals surface area contributed by atoms with Gasteiger partial charge in [0.05, 0.1) is 19.0 Å². The molecule has 0 saturated carbocycles. The van der Waals surface area contributed by atoms with Crippen LogP contribution >= 0.6 is 0 Å². The Morgan fingerprint density at radius 3 is 2.81 bits per heavy atom. The zero-order valence-electron chi connectivity index (χ0n) is 14.9. The summed E-state index contributed by atoms with van der Waals surface area (Å²) < 4.78 is 4.98. The van der Waals surface area contributed by atoms with Crippen LogP contribution in [0.2, 0.25) is 0 Å². The van der Waals surface area contributed by atoms with Crippen molar-refractivity contribution in [3.05, 3.63) is 53.2 Å². The molecule has 8 nitrogen and oxygen atoms in total. The molecule has 0 bridgehead atoms. The Labute approximate surface area is 156 Å². The number of hydrogen-bond acceptors (Lipinski definition) is 5. The summed E-state index contributed by atoms with van der Waals surface area (Å²) >= 11 is 0. The number of amides is 3. The van der Waals surface area contributed by atoms with Gasteiger partial charge in [-0.3, -0.25) is 14.4 Å². The van der Waals surface area contributed by atoms with E-state index in [0.717, 1.165) is 18.5 Å². The lowest BCUT2D eigenvalue weighted by atomic mass is 10.1. The lowest BCUT2D eigenvalue weighted by Gasteiger charge is -2.16. The monoisotopic (exact) mass is 368 g/mol. The number of nitrogens with two attached hydrogens (primary N) is 1. The predicted octanol–water partition coefficient (Wildman–Crippen LogP) is 1.56. The second-order valence-electron chi connectivity index (χ2n) is 6.22. The third-order valence-electron chi connectivity index (χ3n) is 4.30. The number of nitrogens with one attached hydrogen (secondary N) is 1. The van der Waals surface area contributed by atoms with Crippen LogP contribution in [-0.4, -0.2) is 41.3 Å². The standard InChI is InChI=1S/C19H20N4O4/c1-27-19-15(17(20)25)9-14(10-21-19)22-18(26)13-5-2-4-12(8-13)11-23-7-3-6-16(23)24/h2,4-5,8-10H,3,6-7,11H2,1H3,(H2,20,25)(H,22,26). The van der Waals surface area contributed by atoms with Gasteiger partial charge in [-0.25, -0.2) is 4.98 Å². The molecule has 1 aliphatic rings. The van der Waals surface area contributed by atoms with Crippen molar-refractivity contribution in [2.24, 2.45) is 5.73 Å². The van der Waals surface area contributed by atoms with Crippen molar-refractivity contribution >= 4 is 23.4 Å². The van der Waals surface area contributed by atoms with Crippen LogP contribution in [0.1, 0.15) is 39.1 Å². The number of likely N-dealkylation sites (tertiary alicyclic amines) is 1. The van der Waals surface area contributed by atoms with E-state index in [0.29, 0.717) is 24.2 Å². The summed E-state index contributed by atoms with van der Waals surface area (Å²) in [5, 5.41) is 2.69. The van der Waals surface area contributed by atoms with E-state index in [9.17, 15) is 14.4 Å². The smallest absolute Gasteiger partial charge is 0.255 e. The van der Waals surface area contributed by atoms with Crippen molar-refractivity contribution in [1.82, 2.24) is 9.88 Å². The Balaban J connectivity index is 1.74. The number of pyridine rings is 1. The van der Waals surface area contributed by atoms with Crippen LogP contribution in [0.3, 0.4) is 0 Å². The van der Waals surface area contributed by atoms with Crippen molar-refractivity contribution in [3.63, 3.8) is 0 Å². The first kappa shape index (κ1) is 18.4. The molecule has 8 heteroatoms. The van der Waals surface area contributed by atoms with E-state index in [-0.39, 0.29) is 23.3 Å². The van der Waals surface area contributed by atoms with E-state index in [1.807, 2.05) is 6.07 Å². The predicted molar refractivity (Wildman–Crippen MR) is 98.4 cm³/mol. The van der Waals surface area contributed by atoms with Crippen molar-refractivity contribution in [3.8, 4) is 5.88 Å². The summed E-state index contributed by atoms with van der Waals surface area (Å²) in [6.45, 7) is 1.22. The first-order chi connectivity index (χ1) is 13.0. The lowest BCUT2D eigenvalue weighted by molar-refractivity contribution is -0.128. The first-order valence-electron chi connectivity index (χ1n) is 8.50. The summed E-state index contributed by atoms with van der Waals surface area (Å²) in [6, 6.07) is 8.48. The largest absolute Gasteiger partial charge is 0.480 e. The highest BCUT2D eigenvalue weighted by molar-refractivity contribution is 6.05. The van der Waals surface area contributed by atoms with Crippen LogP contribution in [0.5, 0.6) is 5.88 Å². The molecular weight excluding hydrogens is 348 g/mol. The third kappa shape index (κ3) is 4.22. The molecule has 27 heavy (non-hydrogen) atoms. The quantitative estimate of drug-likeness (QED) is 0.803. The van der Waals surface area contributed by atoms with Crippen molar-refractivity contribution in [2.75, 3.05) is 19.0 Å². The zero-order valence-corrected chi connectivity index (χ0v) is 14.9. The molecule has 1 aromatic carbocycles. The number of rotatable bonds is 6. The molecule has 2 heterocycles. The van der Waals surface area contributed by atoms with Gasteiger partial charge in [0.15, 0.2) is 0 Å². The average Bonchev–Trinajstić information content (AvgIpc) is 3.06. The Kier molecular flexibility index (Phi) is 5.35. The maximum atomic E-state index is 12.5. The van der Waals surface area contributed by atoms with Gasteiger partial charge in [0.25, 0.3) is 11.8 Å². The molecule has 2 aromatic rings. The van der Waals surface area contributed by atoms with Gasteiger partial charge in [-0.1, -0.05) is 12.1 Å². The number of methoxy groups -OCH3 is 1. The molecule has 0 unspecified atom stereocenters. The van der Waals surface area contributed by atoms with E-state index in [4.69, 9.17) is 10.5 Å². The molecule has 3 N–H and O–H groups in total. The zero-order chi connectivity index (χ0) is 19.4. The van der Waals surface area contributed by atoms with Crippen molar-refractivity contribution in [1.29, 1.82) is 0 Å². The highest BCUT2D eigenvalue weighted by Gasteiger charge is 2.20. The van der Waals surface area contributed by atoms with Crippen LogP contribution in [0.25, 0.3) is 0 Å². The van der Waals surface area contributed by atoms with Gasteiger partial charge in [0, 0.05) is 25.1 Å². The number of benzene rings is 1. The van der Waals surface area contributed by atoms with Crippen LogP contribution < -0.4 is 15.8 Å². The van der Waals surface area contributed by atoms with Gasteiger partial charge in [-0.05, 0) is 30.2 Å². The first-order valence-corrected chi connectivity index (χ1v) is 8.50. The van der Waals surface area contributed by atoms with Crippen LogP contribution in [0.4, 0.5) is 5.69 Å². The maximum Gasteiger partial charge on any atom is 0.255 e. The molecule has 1 fully saturated rings. The van der Waals surface area contributed by atoms with Crippen molar-refractivity contribution in [2.45, 2.75) is 19.4 Å². The summed E-state index contributed by atoms with van der Waals surface area (Å²) in [4.78, 5) is 41.5. The second-order valence-corrected chi connectivity index (χ2v) is 6.22. The van der Waals surface area contributed by atoms with E-state index >= 15 is 0 Å². The van der Waals surface area contributed by atoms with Gasteiger partial charge in [-0.2, -0.15) is 0 Å². The number of anilines is 1. The van der Waals surface area contributed by atoms with E-state index in [1.54, 1.807) is 23.1 Å². The third-order valence-corrected chi connectivity index (χ3v) is 4.30. The minimum Gasteiger partial charge on any atom is -0.480 e. The van der Waals surface area contributed by atoms with Gasteiger partial charge in [0.2, 0.25) is 11.8 Å². The molecule has 1 saturated heterocycles. The number of hydrogen-bond donors (Lipinski definition) is 2. The Hall–Kier alpha value is -3.42. The fourth-order valence-corrected chi connectivity index (χ4v) is 2.97. The minimum absolute atomic E-state index is 0.0802. The summed E-state index contributed by atoms with van der Waals surface area (Å²) in [5.41, 5.74) is 7.03. The Bertz CT molecular complexity index is 897. The maximum absolute atomic E-state index is 12.5. The normalized spacial score (nSPS) is 13.5. The fourth-order valence-electron chi connectivity index (χ4n) is 2.97. The fraction of sp³-hybridized carbons (Fsp3) is 0.263. The Morgan fingerprint density at radius 2 is 2.15 bits per heavy atom. The molecule has 3 amide bonds. The van der Waals surface area contributed by atoms with Gasteiger partial charge < -0.3 is 20.7 Å². The number of primary amides is 1. The van der Waals surface area contributed by atoms with Crippen LogP contribution in [0, 0.1) is 0 Å². The molecule has 0 radical (unpaired) electrons. The van der Waals surface area contributed by atoms with E-state index in [1.165, 1.54) is 19.4 Å². The number of nitrogens with zero attached hydrogens (tertiary/aromatic N) is 2. The molecule has 1 aromatic heterocycles. The minimum atomic E-state index is -0.701. The number of ether oxygens (including phenoxy) is 1. The molecule has 140 valence electrons. The van der Waals surface area contributed by atoms with Crippen molar-refractivity contribution < 1.29 is 19.1 Å². The highest BCUT2D eigenvalue weighted by atomic mass is 16.5. The summed E-state index contributed by atoms with van der Waals surface area (Å²) in [6.07, 6.45) is 2.83. The SMILES string of the molecule is COc1ncc(NC(=O)c2cccc(CN3CCCC3=O)c2)cc1C(N)=O. The average molecular weight is 368 g/mol. The summed E-state index contributed by atoms with van der Waals surface area (Å²) in [7, 11) is 1.38. The van der Waals surface area contributed by atoms with Crippen LogP contribution in [0.15, 0.2) is 36.5 Å². The van der Waals surface area contributed by atoms with Gasteiger partial charge in [-0.15, -0.1) is 0 Å². The number of carbonyl (C=O) groups is 3. The highest BCUT2D eigenvalue weighted by Crippen LogP contribution is 2.20. The van der Waals surface area contributed by atoms with Gasteiger partial charge >= 0.3 is 0 Å². The topological polar surface area (TPSA) is 115 Å². The molecule has 1 aliphatic heterocycles. The molecule has 3 rings (SSSR count). The molecule has 0 aliphatic carbocycles. The summed E-state index contributed by atoms with van der Waals surface area (Å²) in [5.74, 6) is -0.828. The number of carbonyl (C=O) groups excluding carboxylic acids is 3. The molecule has 0 atom stereocenters.